The van der Waals surface area contributed by atoms with Crippen LogP contribution < -0.4 is 5.32 Å². The number of hydrogen-bond acceptors (Lipinski definition) is 4. The number of hydrogen-bond donors (Lipinski definition) is 2. The zero-order valence-electron chi connectivity index (χ0n) is 12.2. The van der Waals surface area contributed by atoms with E-state index in [1.165, 1.54) is 4.68 Å². The van der Waals surface area contributed by atoms with Gasteiger partial charge in [-0.05, 0) is 26.2 Å². The van der Waals surface area contributed by atoms with E-state index in [4.69, 9.17) is 5.11 Å². The van der Waals surface area contributed by atoms with E-state index >= 15 is 0 Å². The van der Waals surface area contributed by atoms with Gasteiger partial charge in [-0.1, -0.05) is 25.5 Å². The number of nitrogens with one attached hydrogen (secondary N) is 1. The predicted molar refractivity (Wildman–Crippen MR) is 73.5 cm³/mol. The Morgan fingerprint density at radius 2 is 2.10 bits per heavy atom. The fourth-order valence-corrected chi connectivity index (χ4v) is 1.78. The van der Waals surface area contributed by atoms with Crippen molar-refractivity contribution in [3.05, 3.63) is 11.4 Å². The summed E-state index contributed by atoms with van der Waals surface area (Å²) in [6.07, 6.45) is 3.16. The van der Waals surface area contributed by atoms with Crippen molar-refractivity contribution in [2.75, 3.05) is 0 Å². The number of rotatable bonds is 8. The van der Waals surface area contributed by atoms with Crippen molar-refractivity contribution in [3.8, 4) is 0 Å². The minimum absolute atomic E-state index is 0.00364. The molecule has 0 saturated carbocycles. The maximum absolute atomic E-state index is 11.8. The van der Waals surface area contributed by atoms with Crippen molar-refractivity contribution in [2.24, 2.45) is 0 Å². The van der Waals surface area contributed by atoms with Crippen LogP contribution in [0.5, 0.6) is 0 Å². The Hall–Kier alpha value is -1.92. The predicted octanol–water partition coefficient (Wildman–Crippen LogP) is 1.23. The van der Waals surface area contributed by atoms with Gasteiger partial charge in [-0.3, -0.25) is 4.79 Å². The zero-order valence-corrected chi connectivity index (χ0v) is 12.2. The molecule has 20 heavy (non-hydrogen) atoms. The third-order valence-electron chi connectivity index (χ3n) is 3.12. The van der Waals surface area contributed by atoms with Gasteiger partial charge in [0.05, 0.1) is 5.69 Å². The molecule has 1 aromatic rings. The van der Waals surface area contributed by atoms with Gasteiger partial charge in [0.15, 0.2) is 5.69 Å². The number of carboxylic acid groups (broad SMARTS) is 1. The smallest absolute Gasteiger partial charge is 0.358 e. The lowest BCUT2D eigenvalue weighted by Gasteiger charge is -2.12. The summed E-state index contributed by atoms with van der Waals surface area (Å²) in [6, 6.07) is 0.0871. The van der Waals surface area contributed by atoms with E-state index in [1.54, 1.807) is 0 Å². The second-order valence-corrected chi connectivity index (χ2v) is 4.83. The van der Waals surface area contributed by atoms with Gasteiger partial charge in [0.2, 0.25) is 5.91 Å². The molecule has 1 rings (SSSR count). The zero-order chi connectivity index (χ0) is 15.1. The van der Waals surface area contributed by atoms with Crippen LogP contribution in [-0.4, -0.2) is 38.0 Å². The number of carbonyl (C=O) groups excluding carboxylic acids is 1. The highest BCUT2D eigenvalue weighted by atomic mass is 16.4. The first kappa shape index (κ1) is 16.1. The molecule has 0 aliphatic carbocycles. The average Bonchev–Trinajstić information content (AvgIpc) is 2.78. The van der Waals surface area contributed by atoms with Crippen molar-refractivity contribution in [1.82, 2.24) is 20.3 Å². The number of aromatic carboxylic acids is 1. The summed E-state index contributed by atoms with van der Waals surface area (Å²) < 4.78 is 1.39. The van der Waals surface area contributed by atoms with Gasteiger partial charge in [-0.25, -0.2) is 9.48 Å². The lowest BCUT2D eigenvalue weighted by molar-refractivity contribution is -0.122. The second kappa shape index (κ2) is 7.62. The van der Waals surface area contributed by atoms with Crippen LogP contribution in [0.3, 0.4) is 0 Å². The molecule has 0 bridgehead atoms. The molecule has 7 heteroatoms. The van der Waals surface area contributed by atoms with Crippen molar-refractivity contribution in [3.63, 3.8) is 0 Å². The van der Waals surface area contributed by atoms with Gasteiger partial charge in [0, 0.05) is 6.04 Å². The number of amides is 1. The minimum atomic E-state index is -1.11. The van der Waals surface area contributed by atoms with E-state index in [0.717, 1.165) is 19.3 Å². The molecule has 1 atom stereocenters. The van der Waals surface area contributed by atoms with Crippen molar-refractivity contribution >= 4 is 11.9 Å². The Balaban J connectivity index is 2.83. The topological polar surface area (TPSA) is 97.1 Å². The number of nitrogens with zero attached hydrogens (tertiary/aromatic N) is 3. The highest BCUT2D eigenvalue weighted by molar-refractivity contribution is 5.86. The monoisotopic (exact) mass is 282 g/mol. The largest absolute Gasteiger partial charge is 0.476 e. The van der Waals surface area contributed by atoms with Crippen molar-refractivity contribution in [1.29, 1.82) is 0 Å². The van der Waals surface area contributed by atoms with Gasteiger partial charge >= 0.3 is 5.97 Å². The van der Waals surface area contributed by atoms with Crippen molar-refractivity contribution < 1.29 is 14.7 Å². The maximum atomic E-state index is 11.8. The van der Waals surface area contributed by atoms with Gasteiger partial charge in [0.1, 0.15) is 6.54 Å². The van der Waals surface area contributed by atoms with E-state index < -0.39 is 5.97 Å². The molecule has 0 spiro atoms. The van der Waals surface area contributed by atoms with E-state index in [1.807, 2.05) is 20.8 Å². The first-order valence-corrected chi connectivity index (χ1v) is 6.94. The average molecular weight is 282 g/mol. The first-order chi connectivity index (χ1) is 9.49. The molecule has 1 heterocycles. The van der Waals surface area contributed by atoms with Crippen LogP contribution in [0.25, 0.3) is 0 Å². The summed E-state index contributed by atoms with van der Waals surface area (Å²) in [6.45, 7) is 5.92. The number of carboxylic acids is 1. The third kappa shape index (κ3) is 4.32. The van der Waals surface area contributed by atoms with Crippen LogP contribution in [0.4, 0.5) is 0 Å². The summed E-state index contributed by atoms with van der Waals surface area (Å²) in [4.78, 5) is 22.9. The molecule has 0 fully saturated rings. The Labute approximate surface area is 118 Å². The molecule has 2 N–H and O–H groups in total. The number of unbranched alkanes of at least 4 members (excludes halogenated alkanes) is 1. The number of aromatic nitrogens is 3. The van der Waals surface area contributed by atoms with Crippen LogP contribution in [-0.2, 0) is 17.8 Å². The molecule has 1 aromatic heterocycles. The van der Waals surface area contributed by atoms with Gasteiger partial charge in [-0.15, -0.1) is 5.10 Å². The summed E-state index contributed by atoms with van der Waals surface area (Å²) in [5.41, 5.74) is 0.452. The molecule has 1 amide bonds. The molecule has 0 aliphatic rings. The lowest BCUT2D eigenvalue weighted by Crippen LogP contribution is -2.35. The van der Waals surface area contributed by atoms with Gasteiger partial charge in [-0.2, -0.15) is 0 Å². The van der Waals surface area contributed by atoms with Crippen LogP contribution in [0, 0.1) is 0 Å². The highest BCUT2D eigenvalue weighted by Crippen LogP contribution is 2.10. The Kier molecular flexibility index (Phi) is 6.14. The van der Waals surface area contributed by atoms with Crippen LogP contribution in [0.1, 0.15) is 56.2 Å². The molecular weight excluding hydrogens is 260 g/mol. The second-order valence-electron chi connectivity index (χ2n) is 4.83. The quantitative estimate of drug-likeness (QED) is 0.747. The summed E-state index contributed by atoms with van der Waals surface area (Å²) >= 11 is 0. The molecule has 0 aliphatic heterocycles. The van der Waals surface area contributed by atoms with E-state index in [2.05, 4.69) is 15.6 Å². The molecular formula is C13H22N4O3. The van der Waals surface area contributed by atoms with E-state index in [9.17, 15) is 9.59 Å². The van der Waals surface area contributed by atoms with Crippen LogP contribution >= 0.6 is 0 Å². The standard InChI is InChI=1S/C13H22N4O3/c1-4-6-7-10-12(13(19)20)15-16-17(10)8-11(18)14-9(3)5-2/h9H,4-8H2,1-3H3,(H,14,18)(H,19,20). The molecule has 0 radical (unpaired) electrons. The van der Waals surface area contributed by atoms with Crippen molar-refractivity contribution in [2.45, 2.75) is 59.0 Å². The minimum Gasteiger partial charge on any atom is -0.476 e. The lowest BCUT2D eigenvalue weighted by atomic mass is 10.1. The molecule has 1 unspecified atom stereocenters. The molecule has 112 valence electrons. The Morgan fingerprint density at radius 3 is 2.65 bits per heavy atom. The summed E-state index contributed by atoms with van der Waals surface area (Å²) in [7, 11) is 0. The normalized spacial score (nSPS) is 12.2. The Morgan fingerprint density at radius 1 is 1.40 bits per heavy atom. The van der Waals surface area contributed by atoms with E-state index in [-0.39, 0.29) is 24.2 Å². The Bertz CT molecular complexity index is 470. The fraction of sp³-hybridized carbons (Fsp3) is 0.692. The summed E-state index contributed by atoms with van der Waals surface area (Å²) in [5, 5.41) is 19.3. The first-order valence-electron chi connectivity index (χ1n) is 6.94. The molecule has 0 saturated heterocycles. The molecule has 0 aromatic carbocycles. The highest BCUT2D eigenvalue weighted by Gasteiger charge is 2.20. The van der Waals surface area contributed by atoms with Gasteiger partial charge in [0.25, 0.3) is 0 Å². The summed E-state index contributed by atoms with van der Waals surface area (Å²) in [5.74, 6) is -1.29. The SMILES string of the molecule is CCCCc1c(C(=O)O)nnn1CC(=O)NC(C)CC. The van der Waals surface area contributed by atoms with Crippen LogP contribution in [0.2, 0.25) is 0 Å². The molecule has 7 nitrogen and oxygen atoms in total. The fourth-order valence-electron chi connectivity index (χ4n) is 1.78. The van der Waals surface area contributed by atoms with Crippen LogP contribution in [0.15, 0.2) is 0 Å². The third-order valence-corrected chi connectivity index (χ3v) is 3.12. The number of carbonyl (C=O) groups is 2. The van der Waals surface area contributed by atoms with E-state index in [0.29, 0.717) is 12.1 Å². The maximum Gasteiger partial charge on any atom is 0.358 e. The van der Waals surface area contributed by atoms with Gasteiger partial charge < -0.3 is 10.4 Å².